The van der Waals surface area contributed by atoms with Gasteiger partial charge in [-0.15, -0.1) is 0 Å². The lowest BCUT2D eigenvalue weighted by Gasteiger charge is -2.20. The molecule has 0 spiro atoms. The second-order valence-corrected chi connectivity index (χ2v) is 6.00. The minimum absolute atomic E-state index is 0.154. The van der Waals surface area contributed by atoms with Crippen molar-refractivity contribution in [3.63, 3.8) is 0 Å². The zero-order valence-corrected chi connectivity index (χ0v) is 12.8. The maximum absolute atomic E-state index is 11.5. The van der Waals surface area contributed by atoms with Crippen molar-refractivity contribution < 1.29 is 9.53 Å². The number of halogens is 1. The molecule has 0 aliphatic rings. The van der Waals surface area contributed by atoms with Crippen LogP contribution >= 0.6 is 11.6 Å². The first kappa shape index (κ1) is 16.0. The summed E-state index contributed by atoms with van der Waals surface area (Å²) in [4.78, 5) is 11.5. The van der Waals surface area contributed by atoms with E-state index in [0.29, 0.717) is 13.0 Å². The molecule has 0 aromatic heterocycles. The first-order valence-corrected chi connectivity index (χ1v) is 6.86. The van der Waals surface area contributed by atoms with E-state index >= 15 is 0 Å². The Kier molecular flexibility index (Phi) is 5.83. The summed E-state index contributed by atoms with van der Waals surface area (Å²) in [5.41, 5.74) is 0.687. The molecule has 1 atom stereocenters. The fourth-order valence-electron chi connectivity index (χ4n) is 1.68. The lowest BCUT2D eigenvalue weighted by molar-refractivity contribution is -0.154. The summed E-state index contributed by atoms with van der Waals surface area (Å²) in [6, 6.07) is 7.85. The van der Waals surface area contributed by atoms with Gasteiger partial charge in [-0.1, -0.05) is 23.7 Å². The van der Waals surface area contributed by atoms with Crippen molar-refractivity contribution >= 4 is 17.6 Å². The molecule has 4 heteroatoms. The van der Waals surface area contributed by atoms with E-state index in [1.165, 1.54) is 0 Å². The number of hydrogen-bond acceptors (Lipinski definition) is 3. The Morgan fingerprint density at radius 3 is 2.68 bits per heavy atom. The van der Waals surface area contributed by atoms with Crippen molar-refractivity contribution in [2.24, 2.45) is 0 Å². The van der Waals surface area contributed by atoms with E-state index in [4.69, 9.17) is 16.3 Å². The van der Waals surface area contributed by atoms with Gasteiger partial charge in [0.25, 0.3) is 0 Å². The largest absolute Gasteiger partial charge is 0.460 e. The van der Waals surface area contributed by atoms with Gasteiger partial charge in [0.15, 0.2) is 0 Å². The maximum atomic E-state index is 11.5. The highest BCUT2D eigenvalue weighted by Crippen LogP contribution is 2.17. The van der Waals surface area contributed by atoms with E-state index in [2.05, 4.69) is 5.32 Å². The number of carbonyl (C=O) groups excluding carboxylic acids is 1. The highest BCUT2D eigenvalue weighted by molar-refractivity contribution is 6.30. The van der Waals surface area contributed by atoms with Crippen LogP contribution in [0.3, 0.4) is 0 Å². The second kappa shape index (κ2) is 6.92. The first-order chi connectivity index (χ1) is 8.78. The lowest BCUT2D eigenvalue weighted by Crippen LogP contribution is -2.27. The van der Waals surface area contributed by atoms with Gasteiger partial charge in [0.2, 0.25) is 0 Å². The SMILES string of the molecule is C[C@H](NCCC(=O)OC(C)(C)C)c1cccc(Cl)c1. The smallest absolute Gasteiger partial charge is 0.307 e. The summed E-state index contributed by atoms with van der Waals surface area (Å²) < 4.78 is 5.24. The maximum Gasteiger partial charge on any atom is 0.307 e. The van der Waals surface area contributed by atoms with Gasteiger partial charge in [-0.25, -0.2) is 0 Å². The second-order valence-electron chi connectivity index (χ2n) is 5.57. The predicted molar refractivity (Wildman–Crippen MR) is 78.3 cm³/mol. The van der Waals surface area contributed by atoms with Crippen LogP contribution in [0.4, 0.5) is 0 Å². The molecule has 0 aliphatic heterocycles. The third-order valence-electron chi connectivity index (χ3n) is 2.55. The van der Waals surface area contributed by atoms with Gasteiger partial charge in [0, 0.05) is 17.6 Å². The molecule has 1 N–H and O–H groups in total. The quantitative estimate of drug-likeness (QED) is 0.837. The molecule has 19 heavy (non-hydrogen) atoms. The standard InChI is InChI=1S/C15H22ClNO2/c1-11(12-6-5-7-13(16)10-12)17-9-8-14(18)19-15(2,3)4/h5-7,10-11,17H,8-9H2,1-4H3/t11-/m0/s1. The Morgan fingerprint density at radius 2 is 2.11 bits per heavy atom. The highest BCUT2D eigenvalue weighted by Gasteiger charge is 2.16. The zero-order chi connectivity index (χ0) is 14.5. The molecule has 0 saturated heterocycles. The molecule has 1 aromatic rings. The first-order valence-electron chi connectivity index (χ1n) is 6.48. The molecule has 3 nitrogen and oxygen atoms in total. The Balaban J connectivity index is 2.35. The molecular weight excluding hydrogens is 262 g/mol. The van der Waals surface area contributed by atoms with Gasteiger partial charge in [-0.2, -0.15) is 0 Å². The zero-order valence-electron chi connectivity index (χ0n) is 12.0. The van der Waals surface area contributed by atoms with E-state index in [-0.39, 0.29) is 12.0 Å². The summed E-state index contributed by atoms with van der Waals surface area (Å²) in [6.07, 6.45) is 0.363. The highest BCUT2D eigenvalue weighted by atomic mass is 35.5. The number of hydrogen-bond donors (Lipinski definition) is 1. The molecule has 0 fully saturated rings. The number of carbonyl (C=O) groups is 1. The molecule has 0 bridgehead atoms. The Morgan fingerprint density at radius 1 is 1.42 bits per heavy atom. The number of benzene rings is 1. The summed E-state index contributed by atoms with van der Waals surface area (Å²) >= 11 is 5.94. The van der Waals surface area contributed by atoms with Gasteiger partial charge in [0.05, 0.1) is 6.42 Å². The van der Waals surface area contributed by atoms with Gasteiger partial charge in [-0.05, 0) is 45.4 Å². The van der Waals surface area contributed by atoms with Crippen LogP contribution in [-0.4, -0.2) is 18.1 Å². The van der Waals surface area contributed by atoms with Crippen molar-refractivity contribution in [3.8, 4) is 0 Å². The summed E-state index contributed by atoms with van der Waals surface area (Å²) in [6.45, 7) is 8.23. The van der Waals surface area contributed by atoms with Crippen molar-refractivity contribution in [2.75, 3.05) is 6.54 Å². The van der Waals surface area contributed by atoms with Gasteiger partial charge < -0.3 is 10.1 Å². The minimum Gasteiger partial charge on any atom is -0.460 e. The summed E-state index contributed by atoms with van der Waals surface area (Å²) in [5.74, 6) is -0.182. The van der Waals surface area contributed by atoms with Crippen molar-refractivity contribution in [3.05, 3.63) is 34.9 Å². The predicted octanol–water partition coefficient (Wildman–Crippen LogP) is 3.72. The molecule has 0 saturated carbocycles. The van der Waals surface area contributed by atoms with Crippen LogP contribution in [0.15, 0.2) is 24.3 Å². The topological polar surface area (TPSA) is 38.3 Å². The van der Waals surface area contributed by atoms with Gasteiger partial charge >= 0.3 is 5.97 Å². The molecule has 1 aromatic carbocycles. The average Bonchev–Trinajstić information content (AvgIpc) is 2.26. The molecule has 0 heterocycles. The molecule has 1 rings (SSSR count). The minimum atomic E-state index is -0.421. The number of rotatable bonds is 5. The monoisotopic (exact) mass is 283 g/mol. The van der Waals surface area contributed by atoms with Crippen LogP contribution in [0.5, 0.6) is 0 Å². The van der Waals surface area contributed by atoms with Gasteiger partial charge in [0.1, 0.15) is 5.60 Å². The fourth-order valence-corrected chi connectivity index (χ4v) is 1.88. The van der Waals surface area contributed by atoms with E-state index in [0.717, 1.165) is 10.6 Å². The van der Waals surface area contributed by atoms with E-state index in [1.54, 1.807) is 0 Å². The van der Waals surface area contributed by atoms with Crippen LogP contribution in [0.1, 0.15) is 45.7 Å². The van der Waals surface area contributed by atoms with E-state index < -0.39 is 5.60 Å². The molecule has 0 aliphatic carbocycles. The van der Waals surface area contributed by atoms with Gasteiger partial charge in [-0.3, -0.25) is 4.79 Å². The third-order valence-corrected chi connectivity index (χ3v) is 2.78. The van der Waals surface area contributed by atoms with Crippen molar-refractivity contribution in [2.45, 2.75) is 45.8 Å². The Bertz CT molecular complexity index is 426. The lowest BCUT2D eigenvalue weighted by atomic mass is 10.1. The average molecular weight is 284 g/mol. The summed E-state index contributed by atoms with van der Waals surface area (Å²) in [5, 5.41) is 4.00. The normalized spacial score (nSPS) is 13.1. The van der Waals surface area contributed by atoms with Crippen molar-refractivity contribution in [1.82, 2.24) is 5.32 Å². The Hall–Kier alpha value is -1.06. The number of esters is 1. The summed E-state index contributed by atoms with van der Waals surface area (Å²) in [7, 11) is 0. The molecule has 0 radical (unpaired) electrons. The van der Waals surface area contributed by atoms with Crippen LogP contribution < -0.4 is 5.32 Å². The van der Waals surface area contributed by atoms with Crippen LogP contribution in [-0.2, 0) is 9.53 Å². The Labute approximate surface area is 120 Å². The van der Waals surface area contributed by atoms with E-state index in [9.17, 15) is 4.79 Å². The third kappa shape index (κ3) is 6.60. The fraction of sp³-hybridized carbons (Fsp3) is 0.533. The number of ether oxygens (including phenoxy) is 1. The molecule has 0 unspecified atom stereocenters. The molecular formula is C15H22ClNO2. The number of nitrogens with one attached hydrogen (secondary N) is 1. The molecule has 106 valence electrons. The molecule has 0 amide bonds. The van der Waals surface area contributed by atoms with E-state index in [1.807, 2.05) is 52.0 Å². The van der Waals surface area contributed by atoms with Crippen LogP contribution in [0, 0.1) is 0 Å². The van der Waals surface area contributed by atoms with Crippen LogP contribution in [0.25, 0.3) is 0 Å². The van der Waals surface area contributed by atoms with Crippen molar-refractivity contribution in [1.29, 1.82) is 0 Å². The van der Waals surface area contributed by atoms with Crippen LogP contribution in [0.2, 0.25) is 5.02 Å².